The zero-order chi connectivity index (χ0) is 10.7. The highest BCUT2D eigenvalue weighted by Crippen LogP contribution is 2.20. The molecule has 14 heavy (non-hydrogen) atoms. The van der Waals surface area contributed by atoms with Crippen LogP contribution in [0.15, 0.2) is 22.9 Å². The summed E-state index contributed by atoms with van der Waals surface area (Å²) in [6, 6.07) is 0. The maximum Gasteiger partial charge on any atom is 0.158 e. The molecule has 3 heteroatoms. The van der Waals surface area contributed by atoms with Gasteiger partial charge in [-0.25, -0.2) is 0 Å². The third kappa shape index (κ3) is 2.23. The van der Waals surface area contributed by atoms with Gasteiger partial charge in [-0.15, -0.1) is 0 Å². The van der Waals surface area contributed by atoms with Crippen LogP contribution < -0.4 is 5.73 Å². The van der Waals surface area contributed by atoms with Crippen molar-refractivity contribution in [3.8, 4) is 0 Å². The average molecular weight is 195 g/mol. The lowest BCUT2D eigenvalue weighted by Gasteiger charge is -2.12. The molecular formula is C11H17NO2. The van der Waals surface area contributed by atoms with Crippen LogP contribution >= 0.6 is 0 Å². The minimum atomic E-state index is 0.0466. The zero-order valence-electron chi connectivity index (χ0n) is 8.96. The van der Waals surface area contributed by atoms with Crippen molar-refractivity contribution in [2.45, 2.75) is 20.8 Å². The largest absolute Gasteiger partial charge is 0.398 e. The van der Waals surface area contributed by atoms with Gasteiger partial charge in [0, 0.05) is 11.3 Å². The van der Waals surface area contributed by atoms with Crippen molar-refractivity contribution in [2.24, 2.45) is 11.7 Å². The third-order valence-corrected chi connectivity index (χ3v) is 2.30. The minimum absolute atomic E-state index is 0.0466. The number of carbonyl (C=O) groups excluding carboxylic acids is 1. The molecule has 0 saturated heterocycles. The fraction of sp³-hybridized carbons (Fsp3) is 0.545. The number of ketones is 1. The molecule has 78 valence electrons. The Morgan fingerprint density at radius 2 is 2.21 bits per heavy atom. The lowest BCUT2D eigenvalue weighted by molar-refractivity contribution is -0.114. The molecule has 1 heterocycles. The Labute approximate surface area is 84.6 Å². The molecule has 0 unspecified atom stereocenters. The van der Waals surface area contributed by atoms with Gasteiger partial charge in [0.05, 0.1) is 13.2 Å². The van der Waals surface area contributed by atoms with Gasteiger partial charge in [-0.3, -0.25) is 4.79 Å². The van der Waals surface area contributed by atoms with Crippen LogP contribution in [0.4, 0.5) is 0 Å². The first-order valence-corrected chi connectivity index (χ1v) is 4.81. The predicted octanol–water partition coefficient (Wildman–Crippen LogP) is 1.40. The summed E-state index contributed by atoms with van der Waals surface area (Å²) in [4.78, 5) is 11.4. The summed E-state index contributed by atoms with van der Waals surface area (Å²) in [5.41, 5.74) is 8.20. The lowest BCUT2D eigenvalue weighted by Crippen LogP contribution is -2.15. The Morgan fingerprint density at radius 1 is 1.57 bits per heavy atom. The number of hydrogen-bond acceptors (Lipinski definition) is 3. The van der Waals surface area contributed by atoms with Gasteiger partial charge in [0.1, 0.15) is 0 Å². The van der Waals surface area contributed by atoms with Crippen LogP contribution in [0.5, 0.6) is 0 Å². The molecule has 0 saturated carbocycles. The summed E-state index contributed by atoms with van der Waals surface area (Å²) in [6.45, 7) is 6.62. The topological polar surface area (TPSA) is 52.3 Å². The number of carbonyl (C=O) groups is 1. The van der Waals surface area contributed by atoms with Crippen LogP contribution in [0.25, 0.3) is 0 Å². The van der Waals surface area contributed by atoms with E-state index in [2.05, 4.69) is 0 Å². The second kappa shape index (κ2) is 4.42. The van der Waals surface area contributed by atoms with Crippen molar-refractivity contribution in [3.63, 3.8) is 0 Å². The van der Waals surface area contributed by atoms with Gasteiger partial charge < -0.3 is 10.5 Å². The van der Waals surface area contributed by atoms with Crippen LogP contribution in [0.1, 0.15) is 20.8 Å². The van der Waals surface area contributed by atoms with Gasteiger partial charge in [-0.05, 0) is 18.4 Å². The molecule has 3 nitrogen and oxygen atoms in total. The van der Waals surface area contributed by atoms with E-state index in [1.165, 1.54) is 0 Å². The van der Waals surface area contributed by atoms with Crippen molar-refractivity contribution in [1.82, 2.24) is 0 Å². The molecule has 1 aliphatic heterocycles. The second-order valence-corrected chi connectivity index (χ2v) is 3.78. The van der Waals surface area contributed by atoms with E-state index in [1.54, 1.807) is 6.92 Å². The van der Waals surface area contributed by atoms with E-state index in [0.29, 0.717) is 24.5 Å². The molecule has 0 fully saturated rings. The first-order valence-electron chi connectivity index (χ1n) is 4.81. The van der Waals surface area contributed by atoms with Crippen LogP contribution in [0.3, 0.4) is 0 Å². The summed E-state index contributed by atoms with van der Waals surface area (Å²) in [7, 11) is 0. The number of ether oxygens (including phenoxy) is 1. The van der Waals surface area contributed by atoms with Crippen LogP contribution in [0, 0.1) is 5.92 Å². The Hall–Kier alpha value is -1.09. The average Bonchev–Trinajstić information content (AvgIpc) is 2.53. The van der Waals surface area contributed by atoms with Crippen molar-refractivity contribution < 1.29 is 9.53 Å². The molecule has 0 aromatic heterocycles. The first kappa shape index (κ1) is 11.0. The first-order chi connectivity index (χ1) is 6.54. The molecule has 2 N–H and O–H groups in total. The fourth-order valence-electron chi connectivity index (χ4n) is 1.66. The van der Waals surface area contributed by atoms with E-state index >= 15 is 0 Å². The molecule has 0 bridgehead atoms. The summed E-state index contributed by atoms with van der Waals surface area (Å²) in [5, 5.41) is 0. The van der Waals surface area contributed by atoms with Crippen LogP contribution in [0.2, 0.25) is 0 Å². The van der Waals surface area contributed by atoms with E-state index in [4.69, 9.17) is 10.5 Å². The van der Waals surface area contributed by atoms with Crippen molar-refractivity contribution in [2.75, 3.05) is 13.2 Å². The Bertz CT molecular complexity index is 300. The predicted molar refractivity (Wildman–Crippen MR) is 55.6 cm³/mol. The van der Waals surface area contributed by atoms with E-state index in [1.807, 2.05) is 19.9 Å². The van der Waals surface area contributed by atoms with Gasteiger partial charge in [-0.1, -0.05) is 19.9 Å². The number of Topliss-reactive ketones (excluding diaryl/α,β-unsaturated/α-hetero) is 1. The Kier molecular flexibility index (Phi) is 3.47. The summed E-state index contributed by atoms with van der Waals surface area (Å²) < 4.78 is 5.17. The number of rotatable bonds is 3. The second-order valence-electron chi connectivity index (χ2n) is 3.78. The highest BCUT2D eigenvalue weighted by molar-refractivity contribution is 5.95. The molecule has 0 amide bonds. The molecule has 0 aromatic carbocycles. The maximum atomic E-state index is 11.4. The van der Waals surface area contributed by atoms with Crippen LogP contribution in [-0.4, -0.2) is 19.0 Å². The molecular weight excluding hydrogens is 178 g/mol. The highest BCUT2D eigenvalue weighted by atomic mass is 16.5. The molecule has 0 aromatic rings. The Balaban J connectivity index is 3.03. The Morgan fingerprint density at radius 3 is 2.57 bits per heavy atom. The number of hydrogen-bond donors (Lipinski definition) is 1. The van der Waals surface area contributed by atoms with E-state index < -0.39 is 0 Å². The molecule has 0 atom stereocenters. The van der Waals surface area contributed by atoms with Gasteiger partial charge in [0.2, 0.25) is 0 Å². The van der Waals surface area contributed by atoms with Gasteiger partial charge in [0.15, 0.2) is 5.78 Å². The molecule has 0 spiro atoms. The number of nitrogens with two attached hydrogens (primary N) is 1. The fourth-order valence-corrected chi connectivity index (χ4v) is 1.66. The summed E-state index contributed by atoms with van der Waals surface area (Å²) in [6.07, 6.45) is 1.93. The standard InChI is InChI=1S/C11H17NO2/c1-7(2)10(8(3)13)11(12)9-4-5-14-6-9/h4,7H,5-6,12H2,1-3H3/b11-10-. The maximum absolute atomic E-state index is 11.4. The lowest BCUT2D eigenvalue weighted by atomic mass is 9.95. The summed E-state index contributed by atoms with van der Waals surface area (Å²) >= 11 is 0. The summed E-state index contributed by atoms with van der Waals surface area (Å²) in [5.74, 6) is 0.208. The monoisotopic (exact) mass is 195 g/mol. The van der Waals surface area contributed by atoms with E-state index in [-0.39, 0.29) is 11.7 Å². The molecule has 1 rings (SSSR count). The quantitative estimate of drug-likeness (QED) is 0.692. The van der Waals surface area contributed by atoms with Gasteiger partial charge >= 0.3 is 0 Å². The molecule has 0 aliphatic carbocycles. The van der Waals surface area contributed by atoms with E-state index in [0.717, 1.165) is 5.57 Å². The zero-order valence-corrected chi connectivity index (χ0v) is 8.96. The van der Waals surface area contributed by atoms with Gasteiger partial charge in [-0.2, -0.15) is 0 Å². The van der Waals surface area contributed by atoms with Crippen molar-refractivity contribution in [1.29, 1.82) is 0 Å². The SMILES string of the molecule is CC(=O)/C(=C(\N)C1=CCOC1)C(C)C. The minimum Gasteiger partial charge on any atom is -0.398 e. The van der Waals surface area contributed by atoms with Crippen molar-refractivity contribution in [3.05, 3.63) is 22.9 Å². The molecule has 0 radical (unpaired) electrons. The number of allylic oxidation sites excluding steroid dienone is 1. The van der Waals surface area contributed by atoms with Gasteiger partial charge in [0.25, 0.3) is 0 Å². The van der Waals surface area contributed by atoms with Crippen molar-refractivity contribution >= 4 is 5.78 Å². The van der Waals surface area contributed by atoms with E-state index in [9.17, 15) is 4.79 Å². The smallest absolute Gasteiger partial charge is 0.158 e. The van der Waals surface area contributed by atoms with Crippen LogP contribution in [-0.2, 0) is 9.53 Å². The normalized spacial score (nSPS) is 18.1. The highest BCUT2D eigenvalue weighted by Gasteiger charge is 2.17. The molecule has 1 aliphatic rings. The third-order valence-electron chi connectivity index (χ3n) is 2.30.